The van der Waals surface area contributed by atoms with Crippen molar-refractivity contribution in [3.8, 4) is 22.8 Å². The molecule has 0 atom stereocenters. The van der Waals surface area contributed by atoms with Crippen molar-refractivity contribution >= 4 is 28.3 Å². The highest BCUT2D eigenvalue weighted by atomic mass is 16.5. The Morgan fingerprint density at radius 3 is 2.28 bits per heavy atom. The second-order valence-corrected chi connectivity index (χ2v) is 6.01. The Labute approximate surface area is 167 Å². The van der Waals surface area contributed by atoms with E-state index in [0.717, 1.165) is 34.2 Å². The summed E-state index contributed by atoms with van der Waals surface area (Å²) < 4.78 is 15.2. The van der Waals surface area contributed by atoms with Crippen LogP contribution in [0.15, 0.2) is 60.8 Å². The number of hydrogen-bond donors (Lipinski definition) is 1. The molecule has 1 heterocycles. The molecule has 29 heavy (non-hydrogen) atoms. The third kappa shape index (κ3) is 4.52. The fourth-order valence-electron chi connectivity index (χ4n) is 2.84. The summed E-state index contributed by atoms with van der Waals surface area (Å²) in [5, 5.41) is 4.57. The Kier molecular flexibility index (Phi) is 6.09. The quantitative estimate of drug-likeness (QED) is 0.510. The second kappa shape index (κ2) is 8.88. The van der Waals surface area contributed by atoms with Crippen LogP contribution in [0.2, 0.25) is 0 Å². The SMILES string of the molecule is COC(=O)/C=C/C(=O)Nc1ccc(-c2nccc3cc(OC)c(OC)cc23)cc1. The minimum atomic E-state index is -0.593. The standard InChI is InChI=1S/C22H20N2O5/c1-27-18-12-15-10-11-23-22(17(15)13-19(18)28-2)14-4-6-16(7-5-14)24-20(25)8-9-21(26)29-3/h4-13H,1-3H3,(H,24,25)/b9-8+. The number of amides is 1. The zero-order chi connectivity index (χ0) is 20.8. The number of carbonyl (C=O) groups excluding carboxylic acids is 2. The van der Waals surface area contributed by atoms with E-state index in [9.17, 15) is 9.59 Å². The van der Waals surface area contributed by atoms with Gasteiger partial charge in [0, 0.05) is 35.0 Å². The van der Waals surface area contributed by atoms with Crippen LogP contribution >= 0.6 is 0 Å². The number of methoxy groups -OCH3 is 3. The average molecular weight is 392 g/mol. The van der Waals surface area contributed by atoms with Gasteiger partial charge in [-0.2, -0.15) is 0 Å². The number of anilines is 1. The molecule has 0 aliphatic heterocycles. The molecule has 0 aliphatic rings. The third-order valence-electron chi connectivity index (χ3n) is 4.27. The van der Waals surface area contributed by atoms with Crippen LogP contribution in [0.1, 0.15) is 0 Å². The average Bonchev–Trinajstić information content (AvgIpc) is 2.76. The number of ether oxygens (including phenoxy) is 3. The number of benzene rings is 2. The van der Waals surface area contributed by atoms with Gasteiger partial charge in [0.15, 0.2) is 11.5 Å². The largest absolute Gasteiger partial charge is 0.493 e. The smallest absolute Gasteiger partial charge is 0.330 e. The van der Waals surface area contributed by atoms with E-state index in [0.29, 0.717) is 17.2 Å². The number of aromatic nitrogens is 1. The van der Waals surface area contributed by atoms with E-state index in [2.05, 4.69) is 15.0 Å². The predicted octanol–water partition coefficient (Wildman–Crippen LogP) is 3.59. The van der Waals surface area contributed by atoms with E-state index in [1.807, 2.05) is 30.3 Å². The summed E-state index contributed by atoms with van der Waals surface area (Å²) in [5.41, 5.74) is 2.26. The monoisotopic (exact) mass is 392 g/mol. The second-order valence-electron chi connectivity index (χ2n) is 6.01. The van der Waals surface area contributed by atoms with Gasteiger partial charge in [-0.1, -0.05) is 12.1 Å². The van der Waals surface area contributed by atoms with Gasteiger partial charge in [0.05, 0.1) is 27.0 Å². The molecule has 1 amide bonds. The molecule has 148 valence electrons. The molecule has 2 aromatic carbocycles. The fraction of sp³-hybridized carbons (Fsp3) is 0.136. The molecular formula is C22H20N2O5. The summed E-state index contributed by atoms with van der Waals surface area (Å²) in [6.07, 6.45) is 3.91. The molecule has 1 aromatic heterocycles. The number of carbonyl (C=O) groups is 2. The summed E-state index contributed by atoms with van der Waals surface area (Å²) in [5.74, 6) is 0.249. The van der Waals surface area contributed by atoms with Crippen LogP contribution < -0.4 is 14.8 Å². The van der Waals surface area contributed by atoms with Crippen LogP contribution in [-0.4, -0.2) is 38.2 Å². The fourth-order valence-corrected chi connectivity index (χ4v) is 2.84. The van der Waals surface area contributed by atoms with Crippen LogP contribution in [0.25, 0.3) is 22.0 Å². The Bertz CT molecular complexity index is 1070. The number of pyridine rings is 1. The Balaban J connectivity index is 1.88. The maximum atomic E-state index is 11.8. The van der Waals surface area contributed by atoms with Crippen molar-refractivity contribution in [3.05, 3.63) is 60.8 Å². The minimum absolute atomic E-state index is 0.428. The first-order valence-electron chi connectivity index (χ1n) is 8.74. The Hall–Kier alpha value is -3.87. The van der Waals surface area contributed by atoms with Gasteiger partial charge in [-0.15, -0.1) is 0 Å². The first-order valence-corrected chi connectivity index (χ1v) is 8.74. The topological polar surface area (TPSA) is 86.8 Å². The summed E-state index contributed by atoms with van der Waals surface area (Å²) >= 11 is 0. The van der Waals surface area contributed by atoms with Crippen LogP contribution in [0.4, 0.5) is 5.69 Å². The highest BCUT2D eigenvalue weighted by Crippen LogP contribution is 2.36. The van der Waals surface area contributed by atoms with E-state index in [1.165, 1.54) is 7.11 Å². The normalized spacial score (nSPS) is 10.7. The van der Waals surface area contributed by atoms with Crippen molar-refractivity contribution in [2.45, 2.75) is 0 Å². The summed E-state index contributed by atoms with van der Waals surface area (Å²) in [7, 11) is 4.43. The van der Waals surface area contributed by atoms with E-state index >= 15 is 0 Å². The van der Waals surface area contributed by atoms with Crippen LogP contribution in [0.5, 0.6) is 11.5 Å². The molecule has 0 saturated carbocycles. The van der Waals surface area contributed by atoms with Crippen molar-refractivity contribution in [1.82, 2.24) is 4.98 Å². The highest BCUT2D eigenvalue weighted by molar-refractivity contribution is 6.03. The van der Waals surface area contributed by atoms with Crippen molar-refractivity contribution in [2.24, 2.45) is 0 Å². The van der Waals surface area contributed by atoms with Crippen molar-refractivity contribution < 1.29 is 23.8 Å². The van der Waals surface area contributed by atoms with Gasteiger partial charge in [-0.25, -0.2) is 4.79 Å². The van der Waals surface area contributed by atoms with E-state index < -0.39 is 11.9 Å². The van der Waals surface area contributed by atoms with Crippen molar-refractivity contribution in [2.75, 3.05) is 26.6 Å². The van der Waals surface area contributed by atoms with E-state index in [-0.39, 0.29) is 0 Å². The maximum Gasteiger partial charge on any atom is 0.330 e. The van der Waals surface area contributed by atoms with Crippen molar-refractivity contribution in [1.29, 1.82) is 0 Å². The first-order chi connectivity index (χ1) is 14.0. The molecule has 3 rings (SSSR count). The molecule has 0 spiro atoms. The van der Waals surface area contributed by atoms with Crippen LogP contribution in [0.3, 0.4) is 0 Å². The van der Waals surface area contributed by atoms with Gasteiger partial charge >= 0.3 is 5.97 Å². The Morgan fingerprint density at radius 1 is 0.931 bits per heavy atom. The first kappa shape index (κ1) is 19.9. The molecule has 7 nitrogen and oxygen atoms in total. The molecule has 0 fully saturated rings. The number of esters is 1. The van der Waals surface area contributed by atoms with Crippen LogP contribution in [0, 0.1) is 0 Å². The van der Waals surface area contributed by atoms with E-state index in [4.69, 9.17) is 9.47 Å². The molecule has 0 saturated heterocycles. The number of hydrogen-bond acceptors (Lipinski definition) is 6. The Morgan fingerprint density at radius 2 is 1.62 bits per heavy atom. The molecule has 0 radical (unpaired) electrons. The molecular weight excluding hydrogens is 372 g/mol. The molecule has 7 heteroatoms. The zero-order valence-corrected chi connectivity index (χ0v) is 16.3. The molecule has 0 unspecified atom stereocenters. The summed E-state index contributed by atoms with van der Waals surface area (Å²) in [6, 6.07) is 13.0. The lowest BCUT2D eigenvalue weighted by Gasteiger charge is -2.12. The highest BCUT2D eigenvalue weighted by Gasteiger charge is 2.11. The minimum Gasteiger partial charge on any atom is -0.493 e. The van der Waals surface area contributed by atoms with Gasteiger partial charge in [-0.05, 0) is 35.7 Å². The van der Waals surface area contributed by atoms with Crippen LogP contribution in [-0.2, 0) is 14.3 Å². The van der Waals surface area contributed by atoms with Gasteiger partial charge in [-0.3, -0.25) is 9.78 Å². The number of fused-ring (bicyclic) bond motifs is 1. The van der Waals surface area contributed by atoms with Gasteiger partial charge in [0.2, 0.25) is 5.91 Å². The lowest BCUT2D eigenvalue weighted by atomic mass is 10.0. The van der Waals surface area contributed by atoms with E-state index in [1.54, 1.807) is 32.5 Å². The van der Waals surface area contributed by atoms with Gasteiger partial charge in [0.1, 0.15) is 0 Å². The molecule has 1 N–H and O–H groups in total. The van der Waals surface area contributed by atoms with Gasteiger partial charge in [0.25, 0.3) is 0 Å². The predicted molar refractivity (Wildman–Crippen MR) is 110 cm³/mol. The number of rotatable bonds is 6. The lowest BCUT2D eigenvalue weighted by molar-refractivity contribution is -0.135. The lowest BCUT2D eigenvalue weighted by Crippen LogP contribution is -2.08. The van der Waals surface area contributed by atoms with Crippen molar-refractivity contribution in [3.63, 3.8) is 0 Å². The van der Waals surface area contributed by atoms with Gasteiger partial charge < -0.3 is 19.5 Å². The summed E-state index contributed by atoms with van der Waals surface area (Å²) in [6.45, 7) is 0. The maximum absolute atomic E-state index is 11.8. The number of nitrogens with one attached hydrogen (secondary N) is 1. The molecule has 0 aliphatic carbocycles. The third-order valence-corrected chi connectivity index (χ3v) is 4.27. The zero-order valence-electron chi connectivity index (χ0n) is 16.3. The summed E-state index contributed by atoms with van der Waals surface area (Å²) in [4.78, 5) is 27.4. The molecule has 0 bridgehead atoms. The molecule has 3 aromatic rings. The number of nitrogens with zero attached hydrogens (tertiary/aromatic N) is 1.